The number of carbonyl (C=O) groups excluding carboxylic acids is 1. The summed E-state index contributed by atoms with van der Waals surface area (Å²) in [5.41, 5.74) is 5.60. The van der Waals surface area contributed by atoms with Gasteiger partial charge in [0.2, 0.25) is 0 Å². The highest BCUT2D eigenvalue weighted by atomic mass is 19.1. The van der Waals surface area contributed by atoms with Crippen LogP contribution in [0.5, 0.6) is 0 Å². The van der Waals surface area contributed by atoms with E-state index >= 15 is 0 Å². The largest absolute Gasteiger partial charge is 0.396 e. The van der Waals surface area contributed by atoms with Crippen LogP contribution in [0.25, 0.3) is 10.9 Å². The number of nitrogens with zero attached hydrogens (tertiary/aromatic N) is 1. The molecule has 0 saturated heterocycles. The molecule has 0 bridgehead atoms. The summed E-state index contributed by atoms with van der Waals surface area (Å²) < 4.78 is 27.1. The molecule has 4 N–H and O–H groups in total. The van der Waals surface area contributed by atoms with Gasteiger partial charge >= 0.3 is 0 Å². The number of nitrogens with two attached hydrogens (primary N) is 1. The van der Waals surface area contributed by atoms with Gasteiger partial charge in [-0.15, -0.1) is 0 Å². The van der Waals surface area contributed by atoms with Crippen LogP contribution < -0.4 is 11.1 Å². The van der Waals surface area contributed by atoms with Gasteiger partial charge in [0.1, 0.15) is 5.82 Å². The molecule has 0 unspecified atom stereocenters. The Morgan fingerprint density at radius 2 is 2.10 bits per heavy atom. The van der Waals surface area contributed by atoms with Gasteiger partial charge in [0, 0.05) is 5.39 Å². The number of amides is 1. The molecule has 3 rings (SSSR count). The van der Waals surface area contributed by atoms with Gasteiger partial charge in [0.15, 0.2) is 5.82 Å². The third-order valence-electron chi connectivity index (χ3n) is 3.04. The van der Waals surface area contributed by atoms with E-state index in [1.54, 1.807) is 18.2 Å². The number of aromatic nitrogens is 2. The first-order valence-corrected chi connectivity index (χ1v) is 6.04. The highest BCUT2D eigenvalue weighted by molar-refractivity contribution is 6.09. The molecule has 1 amide bonds. The number of hydrogen-bond donors (Lipinski definition) is 3. The molecule has 0 radical (unpaired) electrons. The minimum absolute atomic E-state index is 0.415. The molecule has 0 fully saturated rings. The maximum absolute atomic E-state index is 13.8. The third-order valence-corrected chi connectivity index (χ3v) is 3.04. The zero-order chi connectivity index (χ0) is 15.0. The van der Waals surface area contributed by atoms with Gasteiger partial charge in [0.05, 0.1) is 28.7 Å². The molecule has 0 atom stereocenters. The Morgan fingerprint density at radius 1 is 1.29 bits per heavy atom. The van der Waals surface area contributed by atoms with Crippen LogP contribution in [0.15, 0.2) is 36.5 Å². The molecule has 0 spiro atoms. The van der Waals surface area contributed by atoms with Crippen LogP contribution >= 0.6 is 0 Å². The van der Waals surface area contributed by atoms with E-state index in [0.29, 0.717) is 16.6 Å². The van der Waals surface area contributed by atoms with Gasteiger partial charge in [0.25, 0.3) is 5.91 Å². The number of halogens is 2. The van der Waals surface area contributed by atoms with Crippen molar-refractivity contribution in [2.75, 3.05) is 11.1 Å². The van der Waals surface area contributed by atoms with Crippen LogP contribution in [0.4, 0.5) is 20.2 Å². The summed E-state index contributed by atoms with van der Waals surface area (Å²) in [7, 11) is 0. The Morgan fingerprint density at radius 3 is 2.90 bits per heavy atom. The fourth-order valence-electron chi connectivity index (χ4n) is 2.04. The first-order valence-electron chi connectivity index (χ1n) is 6.04. The SMILES string of the molecule is Nc1cc(F)cc(C(=O)Nc2cccc3[nH]ncc23)c1F. The molecule has 0 aliphatic heterocycles. The number of rotatable bonds is 2. The summed E-state index contributed by atoms with van der Waals surface area (Å²) in [6, 6.07) is 6.74. The second-order valence-electron chi connectivity index (χ2n) is 4.45. The van der Waals surface area contributed by atoms with Crippen LogP contribution in [-0.2, 0) is 0 Å². The molecule has 0 aliphatic rings. The summed E-state index contributed by atoms with van der Waals surface area (Å²) in [4.78, 5) is 12.1. The van der Waals surface area contributed by atoms with E-state index in [1.165, 1.54) is 6.20 Å². The molecule has 1 aromatic heterocycles. The van der Waals surface area contributed by atoms with Crippen molar-refractivity contribution in [3.63, 3.8) is 0 Å². The average Bonchev–Trinajstić information content (AvgIpc) is 2.92. The van der Waals surface area contributed by atoms with Crippen LogP contribution in [-0.4, -0.2) is 16.1 Å². The normalized spacial score (nSPS) is 10.8. The number of benzene rings is 2. The number of fused-ring (bicyclic) bond motifs is 1. The van der Waals surface area contributed by atoms with Crippen molar-refractivity contribution in [3.05, 3.63) is 53.7 Å². The monoisotopic (exact) mass is 288 g/mol. The summed E-state index contributed by atoms with van der Waals surface area (Å²) in [5.74, 6) is -2.51. The summed E-state index contributed by atoms with van der Waals surface area (Å²) >= 11 is 0. The van der Waals surface area contributed by atoms with Crippen molar-refractivity contribution in [1.29, 1.82) is 0 Å². The van der Waals surface area contributed by atoms with Crippen molar-refractivity contribution < 1.29 is 13.6 Å². The maximum Gasteiger partial charge on any atom is 0.258 e. The van der Waals surface area contributed by atoms with Gasteiger partial charge in [-0.25, -0.2) is 8.78 Å². The van der Waals surface area contributed by atoms with E-state index in [0.717, 1.165) is 12.1 Å². The van der Waals surface area contributed by atoms with Crippen molar-refractivity contribution >= 4 is 28.2 Å². The Kier molecular flexibility index (Phi) is 3.02. The Labute approximate surface area is 117 Å². The predicted octanol–water partition coefficient (Wildman–Crippen LogP) is 2.68. The predicted molar refractivity (Wildman–Crippen MR) is 74.8 cm³/mol. The minimum atomic E-state index is -0.951. The van der Waals surface area contributed by atoms with Crippen molar-refractivity contribution in [2.24, 2.45) is 0 Å². The molecular formula is C14H10F2N4O. The van der Waals surface area contributed by atoms with E-state index in [9.17, 15) is 13.6 Å². The van der Waals surface area contributed by atoms with E-state index in [1.807, 2.05) is 0 Å². The third kappa shape index (κ3) is 2.29. The van der Waals surface area contributed by atoms with Crippen LogP contribution in [0.1, 0.15) is 10.4 Å². The van der Waals surface area contributed by atoms with E-state index in [4.69, 9.17) is 5.73 Å². The molecule has 106 valence electrons. The first-order chi connectivity index (χ1) is 10.1. The number of nitrogen functional groups attached to an aromatic ring is 1. The fourth-order valence-corrected chi connectivity index (χ4v) is 2.04. The zero-order valence-corrected chi connectivity index (χ0v) is 10.7. The lowest BCUT2D eigenvalue weighted by Crippen LogP contribution is -2.15. The number of aromatic amines is 1. The molecule has 5 nitrogen and oxygen atoms in total. The maximum atomic E-state index is 13.8. The quantitative estimate of drug-likeness (QED) is 0.634. The fraction of sp³-hybridized carbons (Fsp3) is 0. The Bertz CT molecular complexity index is 844. The number of carbonyl (C=O) groups is 1. The van der Waals surface area contributed by atoms with Crippen molar-refractivity contribution in [1.82, 2.24) is 10.2 Å². The lowest BCUT2D eigenvalue weighted by molar-refractivity contribution is 0.102. The molecule has 0 aliphatic carbocycles. The standard InChI is InChI=1S/C14H10F2N4O/c15-7-4-8(13(16)10(17)5-7)14(21)19-11-2-1-3-12-9(11)6-18-20-12/h1-6H,17H2,(H,18,20)(H,19,21). The number of nitrogens with one attached hydrogen (secondary N) is 2. The average molecular weight is 288 g/mol. The van der Waals surface area contributed by atoms with Crippen LogP contribution in [0.3, 0.4) is 0 Å². The van der Waals surface area contributed by atoms with E-state index in [-0.39, 0.29) is 0 Å². The van der Waals surface area contributed by atoms with Gasteiger partial charge in [-0.2, -0.15) is 5.10 Å². The van der Waals surface area contributed by atoms with Crippen LogP contribution in [0.2, 0.25) is 0 Å². The number of hydrogen-bond acceptors (Lipinski definition) is 3. The molecule has 1 heterocycles. The lowest BCUT2D eigenvalue weighted by atomic mass is 10.1. The second-order valence-corrected chi connectivity index (χ2v) is 4.45. The topological polar surface area (TPSA) is 83.8 Å². The Balaban J connectivity index is 1.99. The van der Waals surface area contributed by atoms with Gasteiger partial charge in [-0.3, -0.25) is 9.89 Å². The minimum Gasteiger partial charge on any atom is -0.396 e. The smallest absolute Gasteiger partial charge is 0.258 e. The van der Waals surface area contributed by atoms with Gasteiger partial charge in [-0.05, 0) is 24.3 Å². The number of anilines is 2. The Hall–Kier alpha value is -2.96. The molecule has 3 aromatic rings. The molecular weight excluding hydrogens is 278 g/mol. The zero-order valence-electron chi connectivity index (χ0n) is 10.7. The lowest BCUT2D eigenvalue weighted by Gasteiger charge is -2.08. The van der Waals surface area contributed by atoms with E-state index in [2.05, 4.69) is 15.5 Å². The summed E-state index contributed by atoms with van der Waals surface area (Å²) in [6.07, 6.45) is 1.53. The van der Waals surface area contributed by atoms with Crippen LogP contribution in [0, 0.1) is 11.6 Å². The molecule has 2 aromatic carbocycles. The summed E-state index contributed by atoms with van der Waals surface area (Å²) in [6.45, 7) is 0. The summed E-state index contributed by atoms with van der Waals surface area (Å²) in [5, 5.41) is 9.79. The van der Waals surface area contributed by atoms with E-state index < -0.39 is 28.8 Å². The van der Waals surface area contributed by atoms with Crippen molar-refractivity contribution in [3.8, 4) is 0 Å². The molecule has 7 heteroatoms. The van der Waals surface area contributed by atoms with Gasteiger partial charge in [-0.1, -0.05) is 6.07 Å². The van der Waals surface area contributed by atoms with Gasteiger partial charge < -0.3 is 11.1 Å². The van der Waals surface area contributed by atoms with Crippen molar-refractivity contribution in [2.45, 2.75) is 0 Å². The number of H-pyrrole nitrogens is 1. The second kappa shape index (κ2) is 4.86. The highest BCUT2D eigenvalue weighted by Gasteiger charge is 2.17. The molecule has 0 saturated carbocycles. The first kappa shape index (κ1) is 13.0. The highest BCUT2D eigenvalue weighted by Crippen LogP contribution is 2.23. The molecule has 21 heavy (non-hydrogen) atoms.